The Kier molecular flexibility index (Phi) is 4.62. The Morgan fingerprint density at radius 1 is 1.38 bits per heavy atom. The summed E-state index contributed by atoms with van der Waals surface area (Å²) in [6, 6.07) is 5.21. The predicted molar refractivity (Wildman–Crippen MR) is 83.0 cm³/mol. The lowest BCUT2D eigenvalue weighted by Gasteiger charge is -2.16. The molecule has 2 rings (SSSR count). The summed E-state index contributed by atoms with van der Waals surface area (Å²) in [7, 11) is 3.26. The number of unbranched alkanes of at least 4 members (excludes halogenated alkanes) is 1. The average molecular weight is 288 g/mol. The lowest BCUT2D eigenvalue weighted by Crippen LogP contribution is -2.31. The van der Waals surface area contributed by atoms with Crippen LogP contribution < -0.4 is 10.2 Å². The highest BCUT2D eigenvalue weighted by molar-refractivity contribution is 5.97. The highest BCUT2D eigenvalue weighted by Crippen LogP contribution is 2.21. The van der Waals surface area contributed by atoms with Crippen LogP contribution in [0.25, 0.3) is 10.9 Å². The van der Waals surface area contributed by atoms with Crippen molar-refractivity contribution in [2.24, 2.45) is 0 Å². The van der Waals surface area contributed by atoms with Crippen LogP contribution in [0.2, 0.25) is 0 Å². The Bertz CT molecular complexity index is 706. The van der Waals surface area contributed by atoms with Gasteiger partial charge in [-0.3, -0.25) is 9.59 Å². The van der Waals surface area contributed by atoms with Gasteiger partial charge in [-0.15, -0.1) is 0 Å². The van der Waals surface area contributed by atoms with E-state index in [2.05, 4.69) is 11.9 Å². The summed E-state index contributed by atoms with van der Waals surface area (Å²) in [6.45, 7) is 2.71. The normalized spacial score (nSPS) is 10.6. The topological polar surface area (TPSA) is 62.4 Å². The lowest BCUT2D eigenvalue weighted by molar-refractivity contribution is 0.0792. The van der Waals surface area contributed by atoms with Crippen molar-refractivity contribution in [2.45, 2.75) is 19.8 Å². The minimum atomic E-state index is -0.268. The van der Waals surface area contributed by atoms with Crippen LogP contribution in [0.1, 0.15) is 30.1 Å². The van der Waals surface area contributed by atoms with Crippen LogP contribution in [0, 0.1) is 0 Å². The van der Waals surface area contributed by atoms with Gasteiger partial charge in [0.25, 0.3) is 5.91 Å². The molecule has 0 fully saturated rings. The van der Waals surface area contributed by atoms with Gasteiger partial charge in [0.05, 0.1) is 18.0 Å². The molecule has 0 atom stereocenters. The second-order valence-electron chi connectivity index (χ2n) is 4.99. The zero-order valence-electron chi connectivity index (χ0n) is 12.6. The molecule has 0 bridgehead atoms. The molecule has 0 unspecified atom stereocenters. The number of hydrogen-bond donors (Lipinski definition) is 1. The minimum Gasteiger partial charge on any atom is -0.495 e. The van der Waals surface area contributed by atoms with E-state index in [0.717, 1.165) is 12.8 Å². The van der Waals surface area contributed by atoms with Crippen LogP contribution in [-0.2, 0) is 0 Å². The van der Waals surface area contributed by atoms with E-state index in [-0.39, 0.29) is 16.9 Å². The van der Waals surface area contributed by atoms with E-state index in [4.69, 9.17) is 4.74 Å². The number of carbonyl (C=O) groups excluding carboxylic acids is 1. The fourth-order valence-electron chi connectivity index (χ4n) is 2.26. The van der Waals surface area contributed by atoms with Gasteiger partial charge in [-0.2, -0.15) is 0 Å². The van der Waals surface area contributed by atoms with Gasteiger partial charge in [-0.25, -0.2) is 0 Å². The van der Waals surface area contributed by atoms with Crippen molar-refractivity contribution in [1.82, 2.24) is 9.88 Å². The number of nitrogens with one attached hydrogen (secondary N) is 1. The Labute approximate surface area is 123 Å². The first-order chi connectivity index (χ1) is 10.1. The van der Waals surface area contributed by atoms with Crippen molar-refractivity contribution in [3.63, 3.8) is 0 Å². The first-order valence-corrected chi connectivity index (χ1v) is 7.04. The second kappa shape index (κ2) is 6.43. The third-order valence-corrected chi connectivity index (χ3v) is 3.52. The van der Waals surface area contributed by atoms with Crippen molar-refractivity contribution >= 4 is 16.8 Å². The van der Waals surface area contributed by atoms with Crippen molar-refractivity contribution in [2.75, 3.05) is 20.7 Å². The minimum absolute atomic E-state index is 0.161. The molecule has 1 aromatic heterocycles. The SMILES string of the molecule is CCCCN(C)C(=O)c1c[nH]c2c(OC)cccc2c1=O. The van der Waals surface area contributed by atoms with Gasteiger partial charge in [0, 0.05) is 19.8 Å². The summed E-state index contributed by atoms with van der Waals surface area (Å²) in [5.74, 6) is 0.331. The maximum absolute atomic E-state index is 12.5. The van der Waals surface area contributed by atoms with Gasteiger partial charge >= 0.3 is 0 Å². The molecule has 5 nitrogen and oxygen atoms in total. The molecule has 0 radical (unpaired) electrons. The first-order valence-electron chi connectivity index (χ1n) is 7.04. The van der Waals surface area contributed by atoms with Crippen LogP contribution in [0.3, 0.4) is 0 Å². The van der Waals surface area contributed by atoms with E-state index in [0.29, 0.717) is 23.2 Å². The van der Waals surface area contributed by atoms with Crippen molar-refractivity contribution in [3.8, 4) is 5.75 Å². The number of carbonyl (C=O) groups is 1. The molecule has 0 saturated heterocycles. The number of ether oxygens (including phenoxy) is 1. The molecule has 1 N–H and O–H groups in total. The zero-order valence-corrected chi connectivity index (χ0v) is 12.6. The number of aromatic nitrogens is 1. The largest absolute Gasteiger partial charge is 0.495 e. The Balaban J connectivity index is 2.45. The van der Waals surface area contributed by atoms with E-state index in [9.17, 15) is 9.59 Å². The van der Waals surface area contributed by atoms with Crippen molar-refractivity contribution in [3.05, 3.63) is 40.2 Å². The Morgan fingerprint density at radius 3 is 2.81 bits per heavy atom. The molecule has 5 heteroatoms. The Hall–Kier alpha value is -2.30. The van der Waals surface area contributed by atoms with E-state index < -0.39 is 0 Å². The molecule has 0 aliphatic rings. The number of pyridine rings is 1. The summed E-state index contributed by atoms with van der Waals surface area (Å²) in [5, 5.41) is 0.462. The highest BCUT2D eigenvalue weighted by atomic mass is 16.5. The molecule has 1 aromatic carbocycles. The number of fused-ring (bicyclic) bond motifs is 1. The maximum atomic E-state index is 12.5. The van der Waals surface area contributed by atoms with Gasteiger partial charge < -0.3 is 14.6 Å². The highest BCUT2D eigenvalue weighted by Gasteiger charge is 2.17. The predicted octanol–water partition coefficient (Wildman–Crippen LogP) is 2.41. The molecule has 0 aliphatic carbocycles. The van der Waals surface area contributed by atoms with Crippen LogP contribution in [0.4, 0.5) is 0 Å². The Morgan fingerprint density at radius 2 is 2.14 bits per heavy atom. The summed E-state index contributed by atoms with van der Waals surface area (Å²) < 4.78 is 5.22. The fourth-order valence-corrected chi connectivity index (χ4v) is 2.26. The third kappa shape index (κ3) is 2.91. The van der Waals surface area contributed by atoms with Gasteiger partial charge in [0.15, 0.2) is 0 Å². The van der Waals surface area contributed by atoms with Crippen molar-refractivity contribution in [1.29, 1.82) is 0 Å². The number of amides is 1. The van der Waals surface area contributed by atoms with Gasteiger partial charge in [-0.05, 0) is 18.6 Å². The third-order valence-electron chi connectivity index (χ3n) is 3.52. The van der Waals surface area contributed by atoms with E-state index >= 15 is 0 Å². The maximum Gasteiger partial charge on any atom is 0.259 e. The summed E-state index contributed by atoms with van der Waals surface area (Å²) in [6.07, 6.45) is 3.39. The first kappa shape index (κ1) is 15.1. The van der Waals surface area contributed by atoms with E-state index in [1.165, 1.54) is 6.20 Å². The number of methoxy groups -OCH3 is 1. The monoisotopic (exact) mass is 288 g/mol. The van der Waals surface area contributed by atoms with E-state index in [1.54, 1.807) is 37.3 Å². The van der Waals surface area contributed by atoms with Crippen LogP contribution in [0.15, 0.2) is 29.2 Å². The number of hydrogen-bond acceptors (Lipinski definition) is 3. The van der Waals surface area contributed by atoms with Gasteiger partial charge in [-0.1, -0.05) is 19.4 Å². The van der Waals surface area contributed by atoms with Crippen molar-refractivity contribution < 1.29 is 9.53 Å². The molecule has 1 heterocycles. The molecule has 0 saturated carbocycles. The van der Waals surface area contributed by atoms with Gasteiger partial charge in [0.2, 0.25) is 5.43 Å². The standard InChI is InChI=1S/C16H20N2O3/c1-4-5-9-18(2)16(20)12-10-17-14-11(15(12)19)7-6-8-13(14)21-3/h6-8,10H,4-5,9H2,1-3H3,(H,17,19). The van der Waals surface area contributed by atoms with Crippen LogP contribution in [-0.4, -0.2) is 36.5 Å². The quantitative estimate of drug-likeness (QED) is 0.919. The smallest absolute Gasteiger partial charge is 0.259 e. The molecule has 112 valence electrons. The van der Waals surface area contributed by atoms with Crippen LogP contribution in [0.5, 0.6) is 5.75 Å². The number of rotatable bonds is 5. The van der Waals surface area contributed by atoms with Crippen LogP contribution >= 0.6 is 0 Å². The molecule has 2 aromatic rings. The summed E-state index contributed by atoms with van der Waals surface area (Å²) >= 11 is 0. The summed E-state index contributed by atoms with van der Waals surface area (Å²) in [5.41, 5.74) is 0.503. The molecule has 0 spiro atoms. The van der Waals surface area contributed by atoms with Gasteiger partial charge in [0.1, 0.15) is 11.3 Å². The fraction of sp³-hybridized carbons (Fsp3) is 0.375. The molecular formula is C16H20N2O3. The number of aromatic amines is 1. The zero-order chi connectivity index (χ0) is 15.4. The second-order valence-corrected chi connectivity index (χ2v) is 4.99. The molecule has 0 aliphatic heterocycles. The molecule has 21 heavy (non-hydrogen) atoms. The number of nitrogens with zero attached hydrogens (tertiary/aromatic N) is 1. The number of H-pyrrole nitrogens is 1. The molecular weight excluding hydrogens is 268 g/mol. The lowest BCUT2D eigenvalue weighted by atomic mass is 10.1. The average Bonchev–Trinajstić information content (AvgIpc) is 2.51. The summed E-state index contributed by atoms with van der Waals surface area (Å²) in [4.78, 5) is 29.4. The molecule has 1 amide bonds. The number of para-hydroxylation sites is 1. The number of benzene rings is 1. The van der Waals surface area contributed by atoms with E-state index in [1.807, 2.05) is 0 Å².